The van der Waals surface area contributed by atoms with Crippen molar-refractivity contribution in [2.75, 3.05) is 11.9 Å². The fourth-order valence-corrected chi connectivity index (χ4v) is 1.93. The van der Waals surface area contributed by atoms with Crippen LogP contribution in [0.4, 0.5) is 5.82 Å². The smallest absolute Gasteiger partial charge is 0.131 e. The number of hydrogen-bond donors (Lipinski definition) is 1. The zero-order chi connectivity index (χ0) is 13.8. The van der Waals surface area contributed by atoms with Crippen LogP contribution in [0.5, 0.6) is 0 Å². The number of nitrogens with one attached hydrogen (secondary N) is 1. The minimum atomic E-state index is 0.540. The van der Waals surface area contributed by atoms with Gasteiger partial charge in [0.05, 0.1) is 11.9 Å². The van der Waals surface area contributed by atoms with E-state index in [0.29, 0.717) is 5.92 Å². The maximum Gasteiger partial charge on any atom is 0.131 e. The molecule has 0 aliphatic heterocycles. The van der Waals surface area contributed by atoms with Gasteiger partial charge in [0.2, 0.25) is 0 Å². The van der Waals surface area contributed by atoms with E-state index in [1.165, 1.54) is 0 Å². The zero-order valence-electron chi connectivity index (χ0n) is 12.0. The molecular formula is C14H21N5. The first kappa shape index (κ1) is 13.5. The molecule has 5 heteroatoms. The molecule has 0 spiro atoms. The minimum Gasteiger partial charge on any atom is -0.370 e. The van der Waals surface area contributed by atoms with Crippen molar-refractivity contribution in [3.63, 3.8) is 0 Å². The van der Waals surface area contributed by atoms with Crippen molar-refractivity contribution in [3.8, 4) is 11.3 Å². The molecule has 0 amide bonds. The van der Waals surface area contributed by atoms with Crippen LogP contribution in [0.3, 0.4) is 0 Å². The van der Waals surface area contributed by atoms with Gasteiger partial charge in [-0.3, -0.25) is 4.68 Å². The highest BCUT2D eigenvalue weighted by Crippen LogP contribution is 2.20. The van der Waals surface area contributed by atoms with E-state index < -0.39 is 0 Å². The summed E-state index contributed by atoms with van der Waals surface area (Å²) in [5.41, 5.74) is 1.95. The summed E-state index contributed by atoms with van der Waals surface area (Å²) in [5, 5.41) is 7.45. The highest BCUT2D eigenvalue weighted by atomic mass is 15.2. The standard InChI is InChI=1S/C14H21N5/c1-5-15-13-7-12(11-8-16-19(4)9-11)17-14(18-13)6-10(2)3/h7-10H,5-6H2,1-4H3,(H,15,17,18). The second kappa shape index (κ2) is 5.82. The second-order valence-electron chi connectivity index (χ2n) is 5.09. The third kappa shape index (κ3) is 3.53. The summed E-state index contributed by atoms with van der Waals surface area (Å²) in [6, 6.07) is 1.98. The normalized spacial score (nSPS) is 11.0. The molecule has 2 heterocycles. The Morgan fingerprint density at radius 1 is 1.32 bits per heavy atom. The topological polar surface area (TPSA) is 55.6 Å². The maximum atomic E-state index is 4.63. The van der Waals surface area contributed by atoms with E-state index in [1.807, 2.05) is 25.5 Å². The van der Waals surface area contributed by atoms with Gasteiger partial charge >= 0.3 is 0 Å². The molecule has 0 saturated carbocycles. The van der Waals surface area contributed by atoms with Crippen molar-refractivity contribution in [1.29, 1.82) is 0 Å². The molecule has 0 radical (unpaired) electrons. The molecule has 102 valence electrons. The van der Waals surface area contributed by atoms with Crippen molar-refractivity contribution in [2.45, 2.75) is 27.2 Å². The summed E-state index contributed by atoms with van der Waals surface area (Å²) in [5.74, 6) is 2.30. The van der Waals surface area contributed by atoms with Gasteiger partial charge in [-0.1, -0.05) is 13.8 Å². The van der Waals surface area contributed by atoms with Crippen LogP contribution in [0.15, 0.2) is 18.5 Å². The van der Waals surface area contributed by atoms with Crippen molar-refractivity contribution >= 4 is 5.82 Å². The quantitative estimate of drug-likeness (QED) is 0.896. The largest absolute Gasteiger partial charge is 0.370 e. The summed E-state index contributed by atoms with van der Waals surface area (Å²) >= 11 is 0. The molecular weight excluding hydrogens is 238 g/mol. The molecule has 5 nitrogen and oxygen atoms in total. The average Bonchev–Trinajstić information content (AvgIpc) is 2.75. The molecule has 0 saturated heterocycles. The monoisotopic (exact) mass is 259 g/mol. The van der Waals surface area contributed by atoms with Gasteiger partial charge in [0.25, 0.3) is 0 Å². The van der Waals surface area contributed by atoms with Crippen LogP contribution >= 0.6 is 0 Å². The summed E-state index contributed by atoms with van der Waals surface area (Å²) in [4.78, 5) is 9.18. The Bertz CT molecular complexity index is 545. The Morgan fingerprint density at radius 2 is 2.11 bits per heavy atom. The van der Waals surface area contributed by atoms with Crippen molar-refractivity contribution < 1.29 is 0 Å². The average molecular weight is 259 g/mol. The van der Waals surface area contributed by atoms with Gasteiger partial charge < -0.3 is 5.32 Å². The molecule has 0 fully saturated rings. The summed E-state index contributed by atoms with van der Waals surface area (Å²) in [6.07, 6.45) is 4.68. The third-order valence-electron chi connectivity index (χ3n) is 2.72. The molecule has 2 aromatic rings. The Kier molecular flexibility index (Phi) is 4.14. The summed E-state index contributed by atoms with van der Waals surface area (Å²) in [6.45, 7) is 7.26. The van der Waals surface area contributed by atoms with Crippen LogP contribution in [0.25, 0.3) is 11.3 Å². The number of aromatic nitrogens is 4. The van der Waals surface area contributed by atoms with Gasteiger partial charge in [-0.25, -0.2) is 9.97 Å². The van der Waals surface area contributed by atoms with Gasteiger partial charge in [0, 0.05) is 37.8 Å². The zero-order valence-corrected chi connectivity index (χ0v) is 12.0. The SMILES string of the molecule is CCNc1cc(-c2cnn(C)c2)nc(CC(C)C)n1. The van der Waals surface area contributed by atoms with E-state index in [-0.39, 0.29) is 0 Å². The van der Waals surface area contributed by atoms with Gasteiger partial charge in [-0.15, -0.1) is 0 Å². The first-order chi connectivity index (χ1) is 9.08. The van der Waals surface area contributed by atoms with Crippen molar-refractivity contribution in [1.82, 2.24) is 19.7 Å². The molecule has 0 atom stereocenters. The molecule has 0 aliphatic carbocycles. The van der Waals surface area contributed by atoms with Crippen LogP contribution in [0, 0.1) is 5.92 Å². The number of anilines is 1. The van der Waals surface area contributed by atoms with Crippen LogP contribution in [0.1, 0.15) is 26.6 Å². The van der Waals surface area contributed by atoms with Crippen molar-refractivity contribution in [3.05, 3.63) is 24.3 Å². The predicted octanol–water partition coefficient (Wildman–Crippen LogP) is 2.51. The summed E-state index contributed by atoms with van der Waals surface area (Å²) < 4.78 is 1.78. The van der Waals surface area contributed by atoms with Crippen LogP contribution in [-0.2, 0) is 13.5 Å². The highest BCUT2D eigenvalue weighted by molar-refractivity contribution is 5.60. The molecule has 0 unspecified atom stereocenters. The first-order valence-corrected chi connectivity index (χ1v) is 6.69. The van der Waals surface area contributed by atoms with E-state index in [4.69, 9.17) is 0 Å². The van der Waals surface area contributed by atoms with E-state index in [0.717, 1.165) is 35.9 Å². The third-order valence-corrected chi connectivity index (χ3v) is 2.72. The predicted molar refractivity (Wildman–Crippen MR) is 76.9 cm³/mol. The number of rotatable bonds is 5. The van der Waals surface area contributed by atoms with Gasteiger partial charge in [0.1, 0.15) is 11.6 Å². The molecule has 0 aliphatic rings. The Morgan fingerprint density at radius 3 is 2.68 bits per heavy atom. The Balaban J connectivity index is 2.38. The van der Waals surface area contributed by atoms with Gasteiger partial charge in [-0.05, 0) is 12.8 Å². The lowest BCUT2D eigenvalue weighted by molar-refractivity contribution is 0.621. The van der Waals surface area contributed by atoms with Crippen LogP contribution in [-0.4, -0.2) is 26.3 Å². The lowest BCUT2D eigenvalue weighted by Crippen LogP contribution is -2.06. The molecule has 1 N–H and O–H groups in total. The van der Waals surface area contributed by atoms with Crippen molar-refractivity contribution in [2.24, 2.45) is 13.0 Å². The lowest BCUT2D eigenvalue weighted by atomic mass is 10.1. The number of nitrogens with zero attached hydrogens (tertiary/aromatic N) is 4. The second-order valence-corrected chi connectivity index (χ2v) is 5.09. The van der Waals surface area contributed by atoms with E-state index >= 15 is 0 Å². The van der Waals surface area contributed by atoms with Crippen LogP contribution < -0.4 is 5.32 Å². The minimum absolute atomic E-state index is 0.540. The number of aryl methyl sites for hydroxylation is 1. The fraction of sp³-hybridized carbons (Fsp3) is 0.500. The Hall–Kier alpha value is -1.91. The number of hydrogen-bond acceptors (Lipinski definition) is 4. The van der Waals surface area contributed by atoms with Gasteiger partial charge in [0.15, 0.2) is 0 Å². The van der Waals surface area contributed by atoms with E-state index in [1.54, 1.807) is 4.68 Å². The molecule has 2 aromatic heterocycles. The first-order valence-electron chi connectivity index (χ1n) is 6.69. The fourth-order valence-electron chi connectivity index (χ4n) is 1.93. The van der Waals surface area contributed by atoms with Gasteiger partial charge in [-0.2, -0.15) is 5.10 Å². The lowest BCUT2D eigenvalue weighted by Gasteiger charge is -2.09. The molecule has 0 bridgehead atoms. The maximum absolute atomic E-state index is 4.63. The van der Waals surface area contributed by atoms with Crippen LogP contribution in [0.2, 0.25) is 0 Å². The molecule has 2 rings (SSSR count). The van der Waals surface area contributed by atoms with E-state index in [2.05, 4.69) is 41.2 Å². The molecule has 19 heavy (non-hydrogen) atoms. The Labute approximate surface area is 114 Å². The highest BCUT2D eigenvalue weighted by Gasteiger charge is 2.09. The molecule has 0 aromatic carbocycles. The van der Waals surface area contributed by atoms with E-state index in [9.17, 15) is 0 Å². The summed E-state index contributed by atoms with van der Waals surface area (Å²) in [7, 11) is 1.91.